The fourth-order valence-corrected chi connectivity index (χ4v) is 2.02. The predicted molar refractivity (Wildman–Crippen MR) is 45.3 cm³/mol. The van der Waals surface area contributed by atoms with Crippen LogP contribution >= 0.6 is 0 Å². The van der Waals surface area contributed by atoms with Crippen LogP contribution in [0.4, 0.5) is 0 Å². The van der Waals surface area contributed by atoms with Crippen molar-refractivity contribution in [2.45, 2.75) is 25.0 Å². The smallest absolute Gasteiger partial charge is 0.107 e. The zero-order valence-corrected chi connectivity index (χ0v) is 7.29. The molecule has 2 nitrogen and oxygen atoms in total. The summed E-state index contributed by atoms with van der Waals surface area (Å²) >= 11 is 0. The Bertz CT molecular complexity index is 325. The molecule has 2 heterocycles. The molecule has 2 aliphatic heterocycles. The molecule has 0 saturated carbocycles. The van der Waals surface area contributed by atoms with Gasteiger partial charge in [0, 0.05) is 0 Å². The number of rotatable bonds is 0. The van der Waals surface area contributed by atoms with E-state index in [1.165, 1.54) is 0 Å². The van der Waals surface area contributed by atoms with Gasteiger partial charge < -0.3 is 4.74 Å². The average molecular weight is 161 g/mol. The molecular formula is C10H11NO. The SMILES string of the molecule is C=C1[C@H](C#N)[C@@]2(C)C=C[C@@]1(C)O2. The van der Waals surface area contributed by atoms with Crippen molar-refractivity contribution in [2.24, 2.45) is 5.92 Å². The van der Waals surface area contributed by atoms with Crippen molar-refractivity contribution in [2.75, 3.05) is 0 Å². The van der Waals surface area contributed by atoms with Crippen LogP contribution in [0.25, 0.3) is 0 Å². The molecule has 0 N–H and O–H groups in total. The van der Waals surface area contributed by atoms with Gasteiger partial charge in [0.1, 0.15) is 17.1 Å². The molecule has 0 aromatic heterocycles. The summed E-state index contributed by atoms with van der Waals surface area (Å²) in [6, 6.07) is 2.24. The monoisotopic (exact) mass is 161 g/mol. The van der Waals surface area contributed by atoms with Gasteiger partial charge in [-0.15, -0.1) is 0 Å². The van der Waals surface area contributed by atoms with Crippen molar-refractivity contribution in [3.8, 4) is 6.07 Å². The molecular weight excluding hydrogens is 150 g/mol. The zero-order chi connectivity index (χ0) is 8.98. The molecule has 0 amide bonds. The Hall–Kier alpha value is -1.07. The second-order valence-electron chi connectivity index (χ2n) is 3.81. The van der Waals surface area contributed by atoms with Crippen molar-refractivity contribution in [3.05, 3.63) is 24.3 Å². The van der Waals surface area contributed by atoms with E-state index in [-0.39, 0.29) is 5.92 Å². The molecule has 62 valence electrons. The van der Waals surface area contributed by atoms with Gasteiger partial charge in [0.05, 0.1) is 6.07 Å². The van der Waals surface area contributed by atoms with Crippen molar-refractivity contribution >= 4 is 0 Å². The lowest BCUT2D eigenvalue weighted by molar-refractivity contribution is -0.0109. The standard InChI is InChI=1S/C10H11NO/c1-7-8(6-11)10(3)5-4-9(7,2)12-10/h4-5,8H,1H2,2-3H3/t8-,9+,10+/m0/s1. The molecule has 12 heavy (non-hydrogen) atoms. The van der Waals surface area contributed by atoms with Gasteiger partial charge in [0.2, 0.25) is 0 Å². The summed E-state index contributed by atoms with van der Waals surface area (Å²) in [6.07, 6.45) is 3.96. The Morgan fingerprint density at radius 3 is 2.58 bits per heavy atom. The lowest BCUT2D eigenvalue weighted by Gasteiger charge is -2.20. The minimum absolute atomic E-state index is 0.188. The van der Waals surface area contributed by atoms with E-state index in [2.05, 4.69) is 12.6 Å². The topological polar surface area (TPSA) is 33.0 Å². The largest absolute Gasteiger partial charge is 0.355 e. The summed E-state index contributed by atoms with van der Waals surface area (Å²) in [5.74, 6) is -0.188. The summed E-state index contributed by atoms with van der Waals surface area (Å²) in [4.78, 5) is 0. The molecule has 3 atom stereocenters. The Morgan fingerprint density at radius 1 is 1.58 bits per heavy atom. The summed E-state index contributed by atoms with van der Waals surface area (Å²) in [7, 11) is 0. The third-order valence-electron chi connectivity index (χ3n) is 2.85. The van der Waals surface area contributed by atoms with Crippen LogP contribution in [0.2, 0.25) is 0 Å². The number of fused-ring (bicyclic) bond motifs is 2. The third-order valence-corrected chi connectivity index (χ3v) is 2.85. The quantitative estimate of drug-likeness (QED) is 0.507. The van der Waals surface area contributed by atoms with E-state index in [1.807, 2.05) is 26.0 Å². The van der Waals surface area contributed by atoms with Gasteiger partial charge in [-0.2, -0.15) is 5.26 Å². The molecule has 0 radical (unpaired) electrons. The molecule has 0 aromatic rings. The first-order valence-corrected chi connectivity index (χ1v) is 4.01. The maximum Gasteiger partial charge on any atom is 0.107 e. The summed E-state index contributed by atoms with van der Waals surface area (Å²) in [5.41, 5.74) is 0.0606. The second-order valence-corrected chi connectivity index (χ2v) is 3.81. The lowest BCUT2D eigenvalue weighted by atomic mass is 9.78. The normalized spacial score (nSPS) is 49.8. The maximum atomic E-state index is 8.91. The van der Waals surface area contributed by atoms with Crippen molar-refractivity contribution in [1.82, 2.24) is 0 Å². The van der Waals surface area contributed by atoms with Crippen LogP contribution in [-0.2, 0) is 4.74 Å². The van der Waals surface area contributed by atoms with Gasteiger partial charge >= 0.3 is 0 Å². The van der Waals surface area contributed by atoms with E-state index >= 15 is 0 Å². The maximum absolute atomic E-state index is 8.91. The van der Waals surface area contributed by atoms with Gasteiger partial charge in [-0.25, -0.2) is 0 Å². The van der Waals surface area contributed by atoms with E-state index in [4.69, 9.17) is 10.00 Å². The van der Waals surface area contributed by atoms with Crippen LogP contribution in [0.3, 0.4) is 0 Å². The van der Waals surface area contributed by atoms with Crippen molar-refractivity contribution in [3.63, 3.8) is 0 Å². The van der Waals surface area contributed by atoms with Crippen LogP contribution in [0.1, 0.15) is 13.8 Å². The molecule has 0 aliphatic carbocycles. The second kappa shape index (κ2) is 1.81. The van der Waals surface area contributed by atoms with Crippen molar-refractivity contribution in [1.29, 1.82) is 5.26 Å². The van der Waals surface area contributed by atoms with Gasteiger partial charge in [0.25, 0.3) is 0 Å². The molecule has 2 rings (SSSR count). The molecule has 2 aliphatic rings. The minimum Gasteiger partial charge on any atom is -0.355 e. The van der Waals surface area contributed by atoms with E-state index < -0.39 is 11.2 Å². The molecule has 1 fully saturated rings. The molecule has 0 unspecified atom stereocenters. The first-order chi connectivity index (χ1) is 5.52. The fourth-order valence-electron chi connectivity index (χ4n) is 2.02. The van der Waals surface area contributed by atoms with Crippen molar-refractivity contribution < 1.29 is 4.74 Å². The van der Waals surface area contributed by atoms with Crippen LogP contribution in [-0.4, -0.2) is 11.2 Å². The van der Waals surface area contributed by atoms with Gasteiger partial charge in [-0.1, -0.05) is 18.7 Å². The van der Waals surface area contributed by atoms with Crippen LogP contribution in [0.15, 0.2) is 24.3 Å². The average Bonchev–Trinajstić information content (AvgIpc) is 2.38. The molecule has 1 saturated heterocycles. The zero-order valence-electron chi connectivity index (χ0n) is 7.29. The van der Waals surface area contributed by atoms with Gasteiger partial charge in [0.15, 0.2) is 0 Å². The minimum atomic E-state index is -0.430. The Kier molecular flexibility index (Phi) is 1.14. The molecule has 0 aromatic carbocycles. The summed E-state index contributed by atoms with van der Waals surface area (Å²) in [6.45, 7) is 7.79. The number of hydrogen-bond acceptors (Lipinski definition) is 2. The van der Waals surface area contributed by atoms with Gasteiger partial charge in [-0.05, 0) is 19.4 Å². The third kappa shape index (κ3) is 0.627. The highest BCUT2D eigenvalue weighted by Crippen LogP contribution is 2.51. The van der Waals surface area contributed by atoms with Crippen LogP contribution in [0, 0.1) is 17.2 Å². The highest BCUT2D eigenvalue weighted by molar-refractivity contribution is 5.43. The number of hydrogen-bond donors (Lipinski definition) is 0. The fraction of sp³-hybridized carbons (Fsp3) is 0.500. The van der Waals surface area contributed by atoms with Gasteiger partial charge in [-0.3, -0.25) is 0 Å². The highest BCUT2D eigenvalue weighted by atomic mass is 16.5. The van der Waals surface area contributed by atoms with E-state index in [1.54, 1.807) is 0 Å². The highest BCUT2D eigenvalue weighted by Gasteiger charge is 2.56. The lowest BCUT2D eigenvalue weighted by Crippen LogP contribution is -2.27. The predicted octanol–water partition coefficient (Wildman–Crippen LogP) is 1.80. The first-order valence-electron chi connectivity index (χ1n) is 4.01. The summed E-state index contributed by atoms with van der Waals surface area (Å²) in [5, 5.41) is 8.91. The van der Waals surface area contributed by atoms with E-state index in [0.29, 0.717) is 0 Å². The van der Waals surface area contributed by atoms with Crippen LogP contribution in [0.5, 0.6) is 0 Å². The molecule has 2 heteroatoms. The van der Waals surface area contributed by atoms with E-state index in [0.717, 1.165) is 5.57 Å². The molecule has 0 spiro atoms. The number of nitriles is 1. The van der Waals surface area contributed by atoms with E-state index in [9.17, 15) is 0 Å². The Labute approximate surface area is 72.1 Å². The molecule has 2 bridgehead atoms. The first kappa shape index (κ1) is 7.57. The summed E-state index contributed by atoms with van der Waals surface area (Å²) < 4.78 is 5.73. The Morgan fingerprint density at radius 2 is 2.25 bits per heavy atom. The number of nitrogens with zero attached hydrogens (tertiary/aromatic N) is 1. The van der Waals surface area contributed by atoms with Crippen LogP contribution < -0.4 is 0 Å². The number of ether oxygens (including phenoxy) is 1. The Balaban J connectivity index is 2.53.